The first-order chi connectivity index (χ1) is 5.89. The van der Waals surface area contributed by atoms with E-state index in [2.05, 4.69) is 6.92 Å². The van der Waals surface area contributed by atoms with Crippen molar-refractivity contribution < 1.29 is 9.90 Å². The Hall–Kier alpha value is -0.370. The first-order valence-corrected chi connectivity index (χ1v) is 5.12. The van der Waals surface area contributed by atoms with E-state index in [1.165, 1.54) is 0 Å². The summed E-state index contributed by atoms with van der Waals surface area (Å²) in [5.41, 5.74) is -0.411. The molecule has 78 valence electrons. The second-order valence-corrected chi connectivity index (χ2v) is 4.63. The lowest BCUT2D eigenvalue weighted by molar-refractivity contribution is -0.135. The zero-order valence-corrected chi connectivity index (χ0v) is 9.26. The lowest BCUT2D eigenvalue weighted by Gasteiger charge is -2.20. The third-order valence-electron chi connectivity index (χ3n) is 2.12. The molecule has 1 N–H and O–H groups in total. The fourth-order valence-electron chi connectivity index (χ4n) is 1.22. The molecule has 0 aromatic rings. The molecular formula is C11H22O2. The monoisotopic (exact) mass is 186 g/mol. The van der Waals surface area contributed by atoms with E-state index >= 15 is 0 Å². The SMILES string of the molecule is CCCCCC(O)C(=O)C(C)(C)C. The minimum atomic E-state index is -0.758. The second kappa shape index (κ2) is 5.38. The van der Waals surface area contributed by atoms with Crippen molar-refractivity contribution in [1.82, 2.24) is 0 Å². The van der Waals surface area contributed by atoms with Gasteiger partial charge in [0.05, 0.1) is 0 Å². The minimum Gasteiger partial charge on any atom is -0.385 e. The number of unbranched alkanes of at least 4 members (excludes halogenated alkanes) is 2. The van der Waals surface area contributed by atoms with Gasteiger partial charge in [0.2, 0.25) is 0 Å². The van der Waals surface area contributed by atoms with Crippen LogP contribution in [0.2, 0.25) is 0 Å². The van der Waals surface area contributed by atoms with Crippen molar-refractivity contribution in [3.8, 4) is 0 Å². The number of aliphatic hydroxyl groups excluding tert-OH is 1. The van der Waals surface area contributed by atoms with Crippen LogP contribution in [0.5, 0.6) is 0 Å². The Morgan fingerprint density at radius 2 is 1.85 bits per heavy atom. The molecule has 0 saturated heterocycles. The van der Waals surface area contributed by atoms with Gasteiger partial charge in [0.1, 0.15) is 6.10 Å². The third kappa shape index (κ3) is 5.04. The summed E-state index contributed by atoms with van der Waals surface area (Å²) in [7, 11) is 0. The number of aliphatic hydroxyl groups is 1. The molecule has 13 heavy (non-hydrogen) atoms. The number of ketones is 1. The van der Waals surface area contributed by atoms with Crippen molar-refractivity contribution in [3.05, 3.63) is 0 Å². The molecule has 0 aliphatic heterocycles. The predicted octanol–water partition coefficient (Wildman–Crippen LogP) is 2.54. The third-order valence-corrected chi connectivity index (χ3v) is 2.12. The summed E-state index contributed by atoms with van der Waals surface area (Å²) in [6.07, 6.45) is 3.01. The Balaban J connectivity index is 3.84. The average Bonchev–Trinajstić information content (AvgIpc) is 2.01. The van der Waals surface area contributed by atoms with E-state index in [-0.39, 0.29) is 5.78 Å². The van der Waals surface area contributed by atoms with Gasteiger partial charge in [-0.2, -0.15) is 0 Å². The van der Waals surface area contributed by atoms with Crippen molar-refractivity contribution in [1.29, 1.82) is 0 Å². The van der Waals surface area contributed by atoms with Gasteiger partial charge in [0.25, 0.3) is 0 Å². The Bertz CT molecular complexity index is 156. The molecule has 0 rings (SSSR count). The first kappa shape index (κ1) is 12.6. The van der Waals surface area contributed by atoms with Crippen LogP contribution < -0.4 is 0 Å². The van der Waals surface area contributed by atoms with Gasteiger partial charge in [0, 0.05) is 5.41 Å². The standard InChI is InChI=1S/C11H22O2/c1-5-6-7-8-9(12)10(13)11(2,3)4/h9,12H,5-8H2,1-4H3. The van der Waals surface area contributed by atoms with Gasteiger partial charge in [0.15, 0.2) is 5.78 Å². The number of Topliss-reactive ketones (excluding diaryl/α,β-unsaturated/α-hetero) is 1. The van der Waals surface area contributed by atoms with Crippen molar-refractivity contribution in [2.45, 2.75) is 59.5 Å². The van der Waals surface area contributed by atoms with Crippen LogP contribution in [0.1, 0.15) is 53.4 Å². The summed E-state index contributed by atoms with van der Waals surface area (Å²) in [6.45, 7) is 7.65. The Morgan fingerprint density at radius 3 is 2.23 bits per heavy atom. The number of carbonyl (C=O) groups is 1. The highest BCUT2D eigenvalue weighted by molar-refractivity contribution is 5.87. The number of carbonyl (C=O) groups excluding carboxylic acids is 1. The molecule has 0 radical (unpaired) electrons. The van der Waals surface area contributed by atoms with Crippen LogP contribution in [0.15, 0.2) is 0 Å². The highest BCUT2D eigenvalue weighted by atomic mass is 16.3. The summed E-state index contributed by atoms with van der Waals surface area (Å²) >= 11 is 0. The molecule has 0 saturated carbocycles. The highest BCUT2D eigenvalue weighted by Gasteiger charge is 2.27. The summed E-state index contributed by atoms with van der Waals surface area (Å²) in [6, 6.07) is 0. The van der Waals surface area contributed by atoms with Gasteiger partial charge in [-0.15, -0.1) is 0 Å². The molecule has 0 aliphatic rings. The molecule has 0 aromatic heterocycles. The Morgan fingerprint density at radius 1 is 1.31 bits per heavy atom. The lowest BCUT2D eigenvalue weighted by atomic mass is 9.86. The van der Waals surface area contributed by atoms with Gasteiger partial charge in [-0.3, -0.25) is 4.79 Å². The van der Waals surface area contributed by atoms with Gasteiger partial charge < -0.3 is 5.11 Å². The molecule has 2 nitrogen and oxygen atoms in total. The van der Waals surface area contributed by atoms with Crippen molar-refractivity contribution in [2.24, 2.45) is 5.41 Å². The summed E-state index contributed by atoms with van der Waals surface area (Å²) in [5.74, 6) is -0.0383. The van der Waals surface area contributed by atoms with Crippen LogP contribution in [0.3, 0.4) is 0 Å². The normalized spacial score (nSPS) is 14.2. The highest BCUT2D eigenvalue weighted by Crippen LogP contribution is 2.19. The van der Waals surface area contributed by atoms with Gasteiger partial charge >= 0.3 is 0 Å². The molecule has 1 unspecified atom stereocenters. The van der Waals surface area contributed by atoms with E-state index in [1.54, 1.807) is 0 Å². The van der Waals surface area contributed by atoms with Gasteiger partial charge in [-0.25, -0.2) is 0 Å². The largest absolute Gasteiger partial charge is 0.385 e. The summed E-state index contributed by atoms with van der Waals surface area (Å²) in [4.78, 5) is 11.5. The Labute approximate surface area is 81.3 Å². The zero-order valence-electron chi connectivity index (χ0n) is 9.26. The smallest absolute Gasteiger partial charge is 0.166 e. The molecule has 0 aliphatic carbocycles. The summed E-state index contributed by atoms with van der Waals surface area (Å²) < 4.78 is 0. The van der Waals surface area contributed by atoms with Crippen molar-refractivity contribution in [2.75, 3.05) is 0 Å². The molecule has 2 heteroatoms. The lowest BCUT2D eigenvalue weighted by Crippen LogP contribution is -2.32. The van der Waals surface area contributed by atoms with E-state index in [1.807, 2.05) is 20.8 Å². The maximum Gasteiger partial charge on any atom is 0.166 e. The maximum atomic E-state index is 11.5. The topological polar surface area (TPSA) is 37.3 Å². The van der Waals surface area contributed by atoms with Crippen LogP contribution in [0, 0.1) is 5.41 Å². The quantitative estimate of drug-likeness (QED) is 0.670. The second-order valence-electron chi connectivity index (χ2n) is 4.63. The van der Waals surface area contributed by atoms with Crippen LogP contribution in [-0.4, -0.2) is 17.0 Å². The van der Waals surface area contributed by atoms with Crippen molar-refractivity contribution in [3.63, 3.8) is 0 Å². The summed E-state index contributed by atoms with van der Waals surface area (Å²) in [5, 5.41) is 9.53. The van der Waals surface area contributed by atoms with E-state index in [4.69, 9.17) is 0 Å². The van der Waals surface area contributed by atoms with Crippen LogP contribution in [0.4, 0.5) is 0 Å². The van der Waals surface area contributed by atoms with Crippen LogP contribution >= 0.6 is 0 Å². The van der Waals surface area contributed by atoms with E-state index in [9.17, 15) is 9.90 Å². The van der Waals surface area contributed by atoms with Crippen LogP contribution in [-0.2, 0) is 4.79 Å². The molecule has 0 aromatic carbocycles. The van der Waals surface area contributed by atoms with E-state index < -0.39 is 11.5 Å². The number of rotatable bonds is 5. The predicted molar refractivity (Wildman–Crippen MR) is 54.6 cm³/mol. The fraction of sp³-hybridized carbons (Fsp3) is 0.909. The maximum absolute atomic E-state index is 11.5. The molecular weight excluding hydrogens is 164 g/mol. The molecule has 0 amide bonds. The van der Waals surface area contributed by atoms with E-state index in [0.717, 1.165) is 19.3 Å². The van der Waals surface area contributed by atoms with Crippen LogP contribution in [0.25, 0.3) is 0 Å². The number of hydrogen-bond donors (Lipinski definition) is 1. The van der Waals surface area contributed by atoms with E-state index in [0.29, 0.717) is 6.42 Å². The first-order valence-electron chi connectivity index (χ1n) is 5.12. The fourth-order valence-corrected chi connectivity index (χ4v) is 1.22. The molecule has 0 bridgehead atoms. The zero-order chi connectivity index (χ0) is 10.5. The van der Waals surface area contributed by atoms with Gasteiger partial charge in [-0.1, -0.05) is 47.0 Å². The Kier molecular flexibility index (Phi) is 5.23. The molecule has 0 heterocycles. The average molecular weight is 186 g/mol. The molecule has 0 fully saturated rings. The van der Waals surface area contributed by atoms with Gasteiger partial charge in [-0.05, 0) is 6.42 Å². The minimum absolute atomic E-state index is 0.0383. The molecule has 0 spiro atoms. The molecule has 1 atom stereocenters. The number of hydrogen-bond acceptors (Lipinski definition) is 2. The van der Waals surface area contributed by atoms with Crippen molar-refractivity contribution >= 4 is 5.78 Å².